The number of likely N-dealkylation sites (tertiary alicyclic amines) is 1. The molecule has 0 unspecified atom stereocenters. The number of imidazole rings is 1. The summed E-state index contributed by atoms with van der Waals surface area (Å²) in [6.07, 6.45) is 1.66. The molecular weight excluding hydrogens is 362 g/mol. The number of aromatic nitrogens is 2. The predicted octanol–water partition coefficient (Wildman–Crippen LogP) is 4.75. The molecule has 0 N–H and O–H groups in total. The van der Waals surface area contributed by atoms with Crippen LogP contribution in [0.2, 0.25) is 0 Å². The number of hydrogen-bond donors (Lipinski definition) is 0. The molecule has 0 aliphatic carbocycles. The lowest BCUT2D eigenvalue weighted by Gasteiger charge is -2.33. The van der Waals surface area contributed by atoms with Gasteiger partial charge in [-0.15, -0.1) is 11.6 Å². The number of benzene rings is 2. The van der Waals surface area contributed by atoms with Gasteiger partial charge in [-0.05, 0) is 30.5 Å². The lowest BCUT2D eigenvalue weighted by atomic mass is 10.1. The van der Waals surface area contributed by atoms with Gasteiger partial charge in [-0.1, -0.05) is 42.5 Å². The van der Waals surface area contributed by atoms with E-state index in [-0.39, 0.29) is 12.1 Å². The van der Waals surface area contributed by atoms with Crippen molar-refractivity contribution in [1.29, 1.82) is 0 Å². The Labute approximate surface area is 163 Å². The van der Waals surface area contributed by atoms with Crippen LogP contribution in [0.1, 0.15) is 30.3 Å². The van der Waals surface area contributed by atoms with Crippen LogP contribution in [0.5, 0.6) is 0 Å². The molecule has 2 aromatic carbocycles. The van der Waals surface area contributed by atoms with Crippen LogP contribution in [0, 0.1) is 0 Å². The van der Waals surface area contributed by atoms with E-state index < -0.39 is 0 Å². The summed E-state index contributed by atoms with van der Waals surface area (Å²) in [6.45, 7) is 1.62. The number of nitrogens with zero attached hydrogens (tertiary/aromatic N) is 3. The molecule has 140 valence electrons. The van der Waals surface area contributed by atoms with Crippen molar-refractivity contribution in [2.45, 2.75) is 31.4 Å². The smallest absolute Gasteiger partial charge is 0.410 e. The Balaban J connectivity index is 1.49. The van der Waals surface area contributed by atoms with Gasteiger partial charge in [0, 0.05) is 13.1 Å². The van der Waals surface area contributed by atoms with Crippen molar-refractivity contribution in [3.63, 3.8) is 0 Å². The van der Waals surface area contributed by atoms with Gasteiger partial charge in [0.2, 0.25) is 0 Å². The zero-order valence-corrected chi connectivity index (χ0v) is 15.8. The van der Waals surface area contributed by atoms with Crippen molar-refractivity contribution in [2.24, 2.45) is 0 Å². The molecular formula is C21H22ClN3O2. The molecule has 5 nitrogen and oxygen atoms in total. The normalized spacial score (nSPS) is 17.2. The van der Waals surface area contributed by atoms with Crippen molar-refractivity contribution in [3.05, 3.63) is 66.0 Å². The molecule has 1 saturated heterocycles. The van der Waals surface area contributed by atoms with Crippen LogP contribution in [0.4, 0.5) is 4.79 Å². The lowest BCUT2D eigenvalue weighted by molar-refractivity contribution is 0.0803. The first kappa shape index (κ1) is 17.9. The maximum absolute atomic E-state index is 12.6. The number of alkyl halides is 1. The topological polar surface area (TPSA) is 47.4 Å². The zero-order chi connectivity index (χ0) is 18.6. The fraction of sp³-hybridized carbons (Fsp3) is 0.333. The predicted molar refractivity (Wildman–Crippen MR) is 106 cm³/mol. The van der Waals surface area contributed by atoms with Gasteiger partial charge in [0.1, 0.15) is 12.4 Å². The molecule has 6 heteroatoms. The van der Waals surface area contributed by atoms with Crippen molar-refractivity contribution < 1.29 is 9.53 Å². The average Bonchev–Trinajstić information content (AvgIpc) is 3.11. The molecule has 0 radical (unpaired) electrons. The molecule has 4 rings (SSSR count). The third kappa shape index (κ3) is 3.78. The van der Waals surface area contributed by atoms with Gasteiger partial charge in [-0.3, -0.25) is 0 Å². The van der Waals surface area contributed by atoms with E-state index in [1.54, 1.807) is 4.90 Å². The van der Waals surface area contributed by atoms with Crippen LogP contribution in [-0.4, -0.2) is 33.6 Å². The van der Waals surface area contributed by atoms with Gasteiger partial charge >= 0.3 is 6.09 Å². The molecule has 0 saturated carbocycles. The number of rotatable bonds is 4. The Morgan fingerprint density at radius 2 is 1.93 bits per heavy atom. The van der Waals surface area contributed by atoms with Crippen molar-refractivity contribution in [2.75, 3.05) is 13.1 Å². The van der Waals surface area contributed by atoms with Gasteiger partial charge < -0.3 is 14.2 Å². The van der Waals surface area contributed by atoms with Crippen molar-refractivity contribution in [3.8, 4) is 0 Å². The van der Waals surface area contributed by atoms with E-state index >= 15 is 0 Å². The Morgan fingerprint density at radius 3 is 2.74 bits per heavy atom. The number of ether oxygens (including phenoxy) is 1. The summed E-state index contributed by atoms with van der Waals surface area (Å²) < 4.78 is 7.71. The summed E-state index contributed by atoms with van der Waals surface area (Å²) >= 11 is 6.15. The van der Waals surface area contributed by atoms with Crippen LogP contribution in [0.15, 0.2) is 54.6 Å². The molecule has 2 heterocycles. The number of carbonyl (C=O) groups is 1. The summed E-state index contributed by atoms with van der Waals surface area (Å²) in [4.78, 5) is 19.0. The second kappa shape index (κ2) is 8.01. The average molecular weight is 384 g/mol. The Bertz CT molecular complexity index is 926. The molecule has 0 bridgehead atoms. The number of carbonyl (C=O) groups excluding carboxylic acids is 1. The van der Waals surface area contributed by atoms with Gasteiger partial charge in [-0.25, -0.2) is 9.78 Å². The second-order valence-electron chi connectivity index (χ2n) is 6.80. The third-order valence-corrected chi connectivity index (χ3v) is 5.25. The molecule has 3 aromatic rings. The van der Waals surface area contributed by atoms with Crippen molar-refractivity contribution in [1.82, 2.24) is 14.5 Å². The number of fused-ring (bicyclic) bond motifs is 1. The first-order valence-corrected chi connectivity index (χ1v) is 9.77. The number of para-hydroxylation sites is 2. The van der Waals surface area contributed by atoms with E-state index in [9.17, 15) is 4.79 Å². The van der Waals surface area contributed by atoms with Crippen LogP contribution in [-0.2, 0) is 17.2 Å². The first-order chi connectivity index (χ1) is 13.3. The summed E-state index contributed by atoms with van der Waals surface area (Å²) in [5, 5.41) is 0. The van der Waals surface area contributed by atoms with E-state index in [0.717, 1.165) is 35.3 Å². The third-order valence-electron chi connectivity index (χ3n) is 5.01. The maximum Gasteiger partial charge on any atom is 0.410 e. The molecule has 0 spiro atoms. The Kier molecular flexibility index (Phi) is 5.30. The molecule has 1 aromatic heterocycles. The summed E-state index contributed by atoms with van der Waals surface area (Å²) in [5.41, 5.74) is 3.00. The lowest BCUT2D eigenvalue weighted by Crippen LogP contribution is -2.41. The van der Waals surface area contributed by atoms with Crippen LogP contribution in [0.25, 0.3) is 11.0 Å². The molecule has 1 atom stereocenters. The van der Waals surface area contributed by atoms with Gasteiger partial charge in [0.15, 0.2) is 0 Å². The monoisotopic (exact) mass is 383 g/mol. The summed E-state index contributed by atoms with van der Waals surface area (Å²) in [5.74, 6) is 1.20. The largest absolute Gasteiger partial charge is 0.445 e. The fourth-order valence-corrected chi connectivity index (χ4v) is 3.93. The molecule has 1 fully saturated rings. The summed E-state index contributed by atoms with van der Waals surface area (Å²) in [6, 6.07) is 17.9. The first-order valence-electron chi connectivity index (χ1n) is 9.23. The van der Waals surface area contributed by atoms with Crippen LogP contribution in [0.3, 0.4) is 0 Å². The maximum atomic E-state index is 12.6. The highest BCUT2D eigenvalue weighted by molar-refractivity contribution is 6.16. The van der Waals surface area contributed by atoms with E-state index in [1.807, 2.05) is 48.5 Å². The number of halogens is 1. The van der Waals surface area contributed by atoms with E-state index in [1.165, 1.54) is 0 Å². The second-order valence-corrected chi connectivity index (χ2v) is 7.07. The SMILES string of the molecule is O=C(OCc1ccccc1)N1CCC[C@H](n2c(CCl)nc3ccccc32)C1. The minimum absolute atomic E-state index is 0.157. The van der Waals surface area contributed by atoms with E-state index in [4.69, 9.17) is 16.3 Å². The fourth-order valence-electron chi connectivity index (χ4n) is 3.74. The van der Waals surface area contributed by atoms with E-state index in [2.05, 4.69) is 15.6 Å². The highest BCUT2D eigenvalue weighted by atomic mass is 35.5. The standard InChI is InChI=1S/C21H22ClN3O2/c22-13-20-23-18-10-4-5-11-19(18)25(20)17-9-6-12-24(14-17)21(26)27-15-16-7-2-1-3-8-16/h1-5,7-8,10-11,17H,6,9,12-15H2/t17-/m0/s1. The minimum Gasteiger partial charge on any atom is -0.445 e. The molecule has 1 aliphatic rings. The van der Waals surface area contributed by atoms with Gasteiger partial charge in [0.05, 0.1) is 23.0 Å². The molecule has 1 amide bonds. The van der Waals surface area contributed by atoms with Gasteiger partial charge in [0.25, 0.3) is 0 Å². The molecule has 1 aliphatic heterocycles. The van der Waals surface area contributed by atoms with Crippen LogP contribution < -0.4 is 0 Å². The minimum atomic E-state index is -0.264. The van der Waals surface area contributed by atoms with Gasteiger partial charge in [-0.2, -0.15) is 0 Å². The van der Waals surface area contributed by atoms with E-state index in [0.29, 0.717) is 25.6 Å². The molecule has 27 heavy (non-hydrogen) atoms. The zero-order valence-electron chi connectivity index (χ0n) is 15.1. The Morgan fingerprint density at radius 1 is 1.15 bits per heavy atom. The number of amides is 1. The number of piperidine rings is 1. The van der Waals surface area contributed by atoms with Crippen molar-refractivity contribution >= 4 is 28.7 Å². The summed E-state index contributed by atoms with van der Waals surface area (Å²) in [7, 11) is 0. The highest BCUT2D eigenvalue weighted by Crippen LogP contribution is 2.29. The highest BCUT2D eigenvalue weighted by Gasteiger charge is 2.28. The quantitative estimate of drug-likeness (QED) is 0.611. The Hall–Kier alpha value is -2.53. The number of hydrogen-bond acceptors (Lipinski definition) is 3. The van der Waals surface area contributed by atoms with Crippen LogP contribution >= 0.6 is 11.6 Å².